The van der Waals surface area contributed by atoms with Gasteiger partial charge in [-0.15, -0.1) is 0 Å². The van der Waals surface area contributed by atoms with Crippen molar-refractivity contribution in [1.82, 2.24) is 0 Å². The van der Waals surface area contributed by atoms with Crippen molar-refractivity contribution in [2.75, 3.05) is 13.2 Å². The molecule has 0 rings (SSSR count). The number of aliphatic hydroxyl groups is 2. The molecule has 240 valence electrons. The summed E-state index contributed by atoms with van der Waals surface area (Å²) >= 11 is 0. The van der Waals surface area contributed by atoms with Gasteiger partial charge >= 0.3 is 11.9 Å². The van der Waals surface area contributed by atoms with Crippen molar-refractivity contribution in [3.05, 3.63) is 60.8 Å². The summed E-state index contributed by atoms with van der Waals surface area (Å²) in [7, 11) is 0. The van der Waals surface area contributed by atoms with Crippen LogP contribution in [-0.4, -0.2) is 47.6 Å². The van der Waals surface area contributed by atoms with Crippen molar-refractivity contribution in [1.29, 1.82) is 0 Å². The molecule has 0 fully saturated rings. The molecule has 0 aromatic rings. The van der Waals surface area contributed by atoms with E-state index < -0.39 is 18.2 Å². The number of hydrogen-bond donors (Lipinski definition) is 2. The molecule has 0 heterocycles. The molecule has 6 nitrogen and oxygen atoms in total. The Hall–Kier alpha value is -2.44. The number of esters is 2. The van der Waals surface area contributed by atoms with Crippen LogP contribution in [0, 0.1) is 0 Å². The van der Waals surface area contributed by atoms with Gasteiger partial charge in [0.1, 0.15) is 6.61 Å². The van der Waals surface area contributed by atoms with Gasteiger partial charge in [-0.2, -0.15) is 0 Å². The Kier molecular flexibility index (Phi) is 29.7. The minimum Gasteiger partial charge on any atom is -0.462 e. The molecule has 2 atom stereocenters. The third-order valence-corrected chi connectivity index (χ3v) is 6.66. The number of ether oxygens (including phenoxy) is 2. The Morgan fingerprint density at radius 3 is 2.00 bits per heavy atom. The van der Waals surface area contributed by atoms with Crippen LogP contribution in [0.15, 0.2) is 60.8 Å². The Labute approximate surface area is 256 Å². The molecule has 0 aliphatic rings. The molecular weight excluding hydrogens is 528 g/mol. The number of carbonyl (C=O) groups is 2. The summed E-state index contributed by atoms with van der Waals surface area (Å²) in [4.78, 5) is 24.0. The quantitative estimate of drug-likeness (QED) is 0.0411. The monoisotopic (exact) mass is 588 g/mol. The van der Waals surface area contributed by atoms with Gasteiger partial charge in [-0.05, 0) is 44.9 Å². The second-order valence-electron chi connectivity index (χ2n) is 10.7. The zero-order valence-electron chi connectivity index (χ0n) is 26.6. The number of hydrogen-bond acceptors (Lipinski definition) is 6. The molecule has 0 saturated heterocycles. The van der Waals surface area contributed by atoms with Crippen LogP contribution < -0.4 is 0 Å². The van der Waals surface area contributed by atoms with Crippen LogP contribution in [0.4, 0.5) is 0 Å². The molecule has 0 aliphatic heterocycles. The van der Waals surface area contributed by atoms with E-state index in [0.717, 1.165) is 44.9 Å². The number of aliphatic hydroxyl groups excluding tert-OH is 2. The molecule has 2 N–H and O–H groups in total. The topological polar surface area (TPSA) is 93.1 Å². The first-order chi connectivity index (χ1) is 20.5. The molecule has 6 heteroatoms. The highest BCUT2D eigenvalue weighted by atomic mass is 16.6. The fraction of sp³-hybridized carbons (Fsp3) is 0.667. The second kappa shape index (κ2) is 31.5. The van der Waals surface area contributed by atoms with Gasteiger partial charge in [-0.1, -0.05) is 132 Å². The van der Waals surface area contributed by atoms with E-state index in [4.69, 9.17) is 9.47 Å². The predicted molar refractivity (Wildman–Crippen MR) is 174 cm³/mol. The van der Waals surface area contributed by atoms with Crippen molar-refractivity contribution in [3.8, 4) is 0 Å². The van der Waals surface area contributed by atoms with Gasteiger partial charge in [0.05, 0.1) is 12.7 Å². The summed E-state index contributed by atoms with van der Waals surface area (Å²) in [5.41, 5.74) is 0. The summed E-state index contributed by atoms with van der Waals surface area (Å²) in [5, 5.41) is 19.4. The number of unbranched alkanes of at least 4 members (excludes halogenated alkanes) is 10. The van der Waals surface area contributed by atoms with E-state index in [1.54, 1.807) is 6.08 Å². The standard InChI is InChI=1S/C36H60O6/c1-3-5-7-9-11-12-13-17-21-25-29-35(39)41-32-34(31-37)42-36(40)30-26-22-18-15-14-16-20-24-28-33(38)27-23-19-10-8-6-4-2/h6,8,15-16,18-20,23-24,28,33-34,37-38H,3-5,7,9-14,17,21-22,25-27,29-32H2,1-2H3/b8-6-,18-15-,20-16-,23-19-,28-24+/t33?,34-/m0/s1. The summed E-state index contributed by atoms with van der Waals surface area (Å²) < 4.78 is 10.5. The molecule has 1 unspecified atom stereocenters. The summed E-state index contributed by atoms with van der Waals surface area (Å²) in [6.45, 7) is 3.86. The maximum absolute atomic E-state index is 12.1. The maximum Gasteiger partial charge on any atom is 0.306 e. The Morgan fingerprint density at radius 1 is 0.690 bits per heavy atom. The van der Waals surface area contributed by atoms with Crippen LogP contribution in [0.1, 0.15) is 129 Å². The lowest BCUT2D eigenvalue weighted by molar-refractivity contribution is -0.161. The van der Waals surface area contributed by atoms with Gasteiger partial charge in [0.25, 0.3) is 0 Å². The lowest BCUT2D eigenvalue weighted by atomic mass is 10.1. The van der Waals surface area contributed by atoms with Gasteiger partial charge in [0.2, 0.25) is 0 Å². The minimum absolute atomic E-state index is 0.107. The van der Waals surface area contributed by atoms with Gasteiger partial charge < -0.3 is 19.7 Å². The third kappa shape index (κ3) is 29.1. The first-order valence-corrected chi connectivity index (χ1v) is 16.5. The number of carbonyl (C=O) groups excluding carboxylic acids is 2. The van der Waals surface area contributed by atoms with Crippen LogP contribution in [0.25, 0.3) is 0 Å². The first-order valence-electron chi connectivity index (χ1n) is 16.5. The van der Waals surface area contributed by atoms with E-state index >= 15 is 0 Å². The summed E-state index contributed by atoms with van der Waals surface area (Å²) in [6.07, 6.45) is 35.9. The van der Waals surface area contributed by atoms with Crippen LogP contribution in [0.3, 0.4) is 0 Å². The van der Waals surface area contributed by atoms with Crippen molar-refractivity contribution in [2.45, 2.75) is 142 Å². The molecule has 0 aromatic carbocycles. The van der Waals surface area contributed by atoms with E-state index in [0.29, 0.717) is 19.3 Å². The van der Waals surface area contributed by atoms with Crippen LogP contribution in [-0.2, 0) is 19.1 Å². The third-order valence-electron chi connectivity index (χ3n) is 6.66. The summed E-state index contributed by atoms with van der Waals surface area (Å²) in [5.74, 6) is -0.706. The largest absolute Gasteiger partial charge is 0.462 e. The highest BCUT2D eigenvalue weighted by Crippen LogP contribution is 2.12. The van der Waals surface area contributed by atoms with E-state index in [2.05, 4.69) is 32.1 Å². The molecule has 0 radical (unpaired) electrons. The Balaban J connectivity index is 3.83. The van der Waals surface area contributed by atoms with Gasteiger partial charge in [0.15, 0.2) is 6.10 Å². The van der Waals surface area contributed by atoms with E-state index in [1.165, 1.54) is 44.9 Å². The highest BCUT2D eigenvalue weighted by Gasteiger charge is 2.15. The lowest BCUT2D eigenvalue weighted by Gasteiger charge is -2.15. The van der Waals surface area contributed by atoms with E-state index in [9.17, 15) is 19.8 Å². The molecule has 0 saturated carbocycles. The van der Waals surface area contributed by atoms with Gasteiger partial charge in [-0.3, -0.25) is 9.59 Å². The van der Waals surface area contributed by atoms with E-state index in [1.807, 2.05) is 36.5 Å². The van der Waals surface area contributed by atoms with Crippen molar-refractivity contribution in [3.63, 3.8) is 0 Å². The fourth-order valence-corrected chi connectivity index (χ4v) is 4.14. The molecule has 0 aromatic heterocycles. The van der Waals surface area contributed by atoms with Gasteiger partial charge in [-0.25, -0.2) is 0 Å². The van der Waals surface area contributed by atoms with Crippen LogP contribution >= 0.6 is 0 Å². The molecular formula is C36H60O6. The first kappa shape index (κ1) is 39.6. The van der Waals surface area contributed by atoms with E-state index in [-0.39, 0.29) is 25.6 Å². The fourth-order valence-electron chi connectivity index (χ4n) is 4.14. The molecule has 42 heavy (non-hydrogen) atoms. The van der Waals surface area contributed by atoms with Gasteiger partial charge in [0, 0.05) is 12.8 Å². The van der Waals surface area contributed by atoms with Crippen LogP contribution in [0.2, 0.25) is 0 Å². The average molecular weight is 589 g/mol. The number of allylic oxidation sites excluding steroid dienone is 8. The minimum atomic E-state index is -0.819. The van der Waals surface area contributed by atoms with Crippen molar-refractivity contribution < 1.29 is 29.3 Å². The Bertz CT molecular complexity index is 780. The Morgan fingerprint density at radius 2 is 1.31 bits per heavy atom. The zero-order valence-corrected chi connectivity index (χ0v) is 26.6. The second-order valence-corrected chi connectivity index (χ2v) is 10.7. The predicted octanol–water partition coefficient (Wildman–Crippen LogP) is 8.64. The SMILES string of the molecule is CC/C=C\C/C=C\CC(O)/C=C/C=C\C/C=C\CCCC(=O)O[C@@H](CO)COC(=O)CCCCCCCCCCCC. The zero-order chi connectivity index (χ0) is 30.9. The summed E-state index contributed by atoms with van der Waals surface area (Å²) in [6, 6.07) is 0. The molecule has 0 amide bonds. The van der Waals surface area contributed by atoms with Crippen molar-refractivity contribution >= 4 is 11.9 Å². The molecule has 0 bridgehead atoms. The molecule has 0 spiro atoms. The molecule has 0 aliphatic carbocycles. The lowest BCUT2D eigenvalue weighted by Crippen LogP contribution is -2.28. The average Bonchev–Trinajstić information content (AvgIpc) is 2.98. The van der Waals surface area contributed by atoms with Crippen molar-refractivity contribution in [2.24, 2.45) is 0 Å². The highest BCUT2D eigenvalue weighted by molar-refractivity contribution is 5.70. The maximum atomic E-state index is 12.1. The smallest absolute Gasteiger partial charge is 0.306 e. The number of rotatable bonds is 28. The van der Waals surface area contributed by atoms with Crippen LogP contribution in [0.5, 0.6) is 0 Å². The normalized spacial score (nSPS) is 13.7.